The number of rotatable bonds is 13. The van der Waals surface area contributed by atoms with Crippen molar-refractivity contribution in [2.24, 2.45) is 0 Å². The standard InChI is InChI=1S/C20H36NO2/c1-5-6-7-8-9-13-16-21(3,4)19(2)22-17-18-23-20-14-11-10-12-15-20/h10-12,14-15,19H,5-9,13,16-18H2,1-4H3/q+1. The molecule has 3 heteroatoms. The molecular formula is C20H36NO2+. The van der Waals surface area contributed by atoms with E-state index in [4.69, 9.17) is 9.47 Å². The van der Waals surface area contributed by atoms with Crippen molar-refractivity contribution in [1.29, 1.82) is 0 Å². The predicted octanol–water partition coefficient (Wildman–Crippen LogP) is 4.86. The van der Waals surface area contributed by atoms with Gasteiger partial charge in [0, 0.05) is 6.92 Å². The lowest BCUT2D eigenvalue weighted by Crippen LogP contribution is -2.49. The summed E-state index contributed by atoms with van der Waals surface area (Å²) in [4.78, 5) is 0. The Morgan fingerprint density at radius 3 is 2.26 bits per heavy atom. The van der Waals surface area contributed by atoms with E-state index in [2.05, 4.69) is 27.9 Å². The molecule has 1 rings (SSSR count). The molecule has 1 unspecified atom stereocenters. The maximum absolute atomic E-state index is 5.97. The van der Waals surface area contributed by atoms with Gasteiger partial charge in [0.05, 0.1) is 27.2 Å². The number of unbranched alkanes of at least 4 members (excludes halogenated alkanes) is 5. The molecule has 3 nitrogen and oxygen atoms in total. The Bertz CT molecular complexity index is 392. The Morgan fingerprint density at radius 1 is 0.913 bits per heavy atom. The number of ether oxygens (including phenoxy) is 2. The maximum atomic E-state index is 5.97. The van der Waals surface area contributed by atoms with Gasteiger partial charge in [0.25, 0.3) is 0 Å². The Kier molecular flexibility index (Phi) is 9.97. The third-order valence-corrected chi connectivity index (χ3v) is 4.53. The fourth-order valence-electron chi connectivity index (χ4n) is 2.58. The monoisotopic (exact) mass is 322 g/mol. The molecule has 0 aromatic heterocycles. The first-order valence-electron chi connectivity index (χ1n) is 9.18. The molecule has 0 heterocycles. The summed E-state index contributed by atoms with van der Waals surface area (Å²) in [5.74, 6) is 0.907. The largest absolute Gasteiger partial charge is 0.491 e. The van der Waals surface area contributed by atoms with Crippen molar-refractivity contribution in [1.82, 2.24) is 0 Å². The first-order valence-corrected chi connectivity index (χ1v) is 9.18. The van der Waals surface area contributed by atoms with Gasteiger partial charge in [-0.25, -0.2) is 0 Å². The topological polar surface area (TPSA) is 18.5 Å². The van der Waals surface area contributed by atoms with Crippen LogP contribution in [0.4, 0.5) is 0 Å². The summed E-state index contributed by atoms with van der Waals surface area (Å²) in [5, 5.41) is 0. The lowest BCUT2D eigenvalue weighted by molar-refractivity contribution is -0.935. The summed E-state index contributed by atoms with van der Waals surface area (Å²) >= 11 is 0. The zero-order valence-corrected chi connectivity index (χ0v) is 15.6. The van der Waals surface area contributed by atoms with Gasteiger partial charge >= 0.3 is 0 Å². The van der Waals surface area contributed by atoms with Crippen molar-refractivity contribution in [3.05, 3.63) is 30.3 Å². The first-order chi connectivity index (χ1) is 11.1. The van der Waals surface area contributed by atoms with E-state index in [1.54, 1.807) is 0 Å². The highest BCUT2D eigenvalue weighted by Gasteiger charge is 2.23. The molecule has 1 atom stereocenters. The molecule has 0 spiro atoms. The number of hydrogen-bond acceptors (Lipinski definition) is 2. The molecule has 0 radical (unpaired) electrons. The second-order valence-corrected chi connectivity index (χ2v) is 6.90. The van der Waals surface area contributed by atoms with E-state index in [1.165, 1.54) is 45.1 Å². The molecule has 0 amide bonds. The number of nitrogens with zero attached hydrogens (tertiary/aromatic N) is 1. The van der Waals surface area contributed by atoms with E-state index in [0.717, 1.165) is 10.2 Å². The number of benzene rings is 1. The Labute approximate surface area is 143 Å². The average molecular weight is 323 g/mol. The third kappa shape index (κ3) is 8.97. The van der Waals surface area contributed by atoms with Gasteiger partial charge < -0.3 is 14.0 Å². The summed E-state index contributed by atoms with van der Waals surface area (Å²) < 4.78 is 12.6. The lowest BCUT2D eigenvalue weighted by atomic mass is 10.1. The molecule has 1 aromatic rings. The van der Waals surface area contributed by atoms with Gasteiger partial charge in [-0.2, -0.15) is 0 Å². The van der Waals surface area contributed by atoms with Crippen LogP contribution in [0.15, 0.2) is 30.3 Å². The Hall–Kier alpha value is -1.06. The fourth-order valence-corrected chi connectivity index (χ4v) is 2.58. The summed E-state index contributed by atoms with van der Waals surface area (Å²) in [6, 6.07) is 9.91. The van der Waals surface area contributed by atoms with Gasteiger partial charge in [0.15, 0.2) is 6.23 Å². The molecule has 0 aliphatic rings. The molecule has 0 bridgehead atoms. The zero-order valence-electron chi connectivity index (χ0n) is 15.6. The van der Waals surface area contributed by atoms with Crippen LogP contribution < -0.4 is 4.74 Å². The predicted molar refractivity (Wildman–Crippen MR) is 97.7 cm³/mol. The molecule has 0 aliphatic carbocycles. The molecule has 0 N–H and O–H groups in total. The van der Waals surface area contributed by atoms with Crippen molar-refractivity contribution in [2.45, 2.75) is 58.6 Å². The quantitative estimate of drug-likeness (QED) is 0.293. The molecule has 0 fully saturated rings. The molecular weight excluding hydrogens is 286 g/mol. The van der Waals surface area contributed by atoms with Crippen molar-refractivity contribution >= 4 is 0 Å². The number of quaternary nitrogens is 1. The molecule has 1 aromatic carbocycles. The van der Waals surface area contributed by atoms with Gasteiger partial charge in [-0.05, 0) is 25.0 Å². The van der Waals surface area contributed by atoms with Crippen LogP contribution in [0, 0.1) is 0 Å². The second kappa shape index (κ2) is 11.5. The van der Waals surface area contributed by atoms with Crippen molar-refractivity contribution in [3.63, 3.8) is 0 Å². The third-order valence-electron chi connectivity index (χ3n) is 4.53. The molecule has 0 aliphatic heterocycles. The van der Waals surface area contributed by atoms with Gasteiger partial charge in [-0.3, -0.25) is 0 Å². The smallest absolute Gasteiger partial charge is 0.190 e. The minimum Gasteiger partial charge on any atom is -0.491 e. The highest BCUT2D eigenvalue weighted by molar-refractivity contribution is 5.20. The summed E-state index contributed by atoms with van der Waals surface area (Å²) in [7, 11) is 4.52. The van der Waals surface area contributed by atoms with E-state index in [9.17, 15) is 0 Å². The minimum atomic E-state index is 0.199. The van der Waals surface area contributed by atoms with Crippen molar-refractivity contribution in [3.8, 4) is 5.75 Å². The van der Waals surface area contributed by atoms with Gasteiger partial charge in [-0.1, -0.05) is 50.8 Å². The van der Waals surface area contributed by atoms with Crippen molar-refractivity contribution in [2.75, 3.05) is 33.9 Å². The minimum absolute atomic E-state index is 0.199. The van der Waals surface area contributed by atoms with E-state index in [-0.39, 0.29) is 6.23 Å². The van der Waals surface area contributed by atoms with Crippen LogP contribution in [-0.4, -0.2) is 44.6 Å². The van der Waals surface area contributed by atoms with Gasteiger partial charge in [-0.15, -0.1) is 0 Å². The number of hydrogen-bond donors (Lipinski definition) is 0. The summed E-state index contributed by atoms with van der Waals surface area (Å²) in [5.41, 5.74) is 0. The highest BCUT2D eigenvalue weighted by atomic mass is 16.5. The van der Waals surface area contributed by atoms with E-state index >= 15 is 0 Å². The van der Waals surface area contributed by atoms with E-state index in [0.29, 0.717) is 13.2 Å². The van der Waals surface area contributed by atoms with Crippen LogP contribution in [0.2, 0.25) is 0 Å². The normalized spacial score (nSPS) is 13.0. The van der Waals surface area contributed by atoms with Gasteiger partial charge in [0.1, 0.15) is 12.4 Å². The van der Waals surface area contributed by atoms with E-state index in [1.807, 2.05) is 30.3 Å². The van der Waals surface area contributed by atoms with Crippen LogP contribution in [0.25, 0.3) is 0 Å². The Morgan fingerprint density at radius 2 is 1.57 bits per heavy atom. The van der Waals surface area contributed by atoms with Crippen LogP contribution >= 0.6 is 0 Å². The SMILES string of the molecule is CCCCCCCC[N+](C)(C)C(C)OCCOc1ccccc1. The van der Waals surface area contributed by atoms with Crippen molar-refractivity contribution < 1.29 is 14.0 Å². The first kappa shape index (κ1) is 20.0. The Balaban J connectivity index is 2.12. The van der Waals surface area contributed by atoms with Gasteiger partial charge in [0.2, 0.25) is 0 Å². The van der Waals surface area contributed by atoms with Crippen LogP contribution in [0.1, 0.15) is 52.4 Å². The summed E-state index contributed by atoms with van der Waals surface area (Å²) in [6.07, 6.45) is 8.26. The maximum Gasteiger partial charge on any atom is 0.190 e. The van der Waals surface area contributed by atoms with Crippen LogP contribution in [-0.2, 0) is 4.74 Å². The molecule has 132 valence electrons. The summed E-state index contributed by atoms with van der Waals surface area (Å²) in [6.45, 7) is 6.84. The molecule has 0 saturated carbocycles. The zero-order chi connectivity index (χ0) is 17.0. The fraction of sp³-hybridized carbons (Fsp3) is 0.700. The number of para-hydroxylation sites is 1. The van der Waals surface area contributed by atoms with Crippen LogP contribution in [0.3, 0.4) is 0 Å². The molecule has 0 saturated heterocycles. The lowest BCUT2D eigenvalue weighted by Gasteiger charge is -2.35. The van der Waals surface area contributed by atoms with E-state index < -0.39 is 0 Å². The second-order valence-electron chi connectivity index (χ2n) is 6.90. The highest BCUT2D eigenvalue weighted by Crippen LogP contribution is 2.13. The molecule has 23 heavy (non-hydrogen) atoms. The average Bonchev–Trinajstić information content (AvgIpc) is 2.55. The van der Waals surface area contributed by atoms with Crippen LogP contribution in [0.5, 0.6) is 5.75 Å².